The van der Waals surface area contributed by atoms with Crippen LogP contribution in [0.4, 0.5) is 48.5 Å². The van der Waals surface area contributed by atoms with Crippen molar-refractivity contribution in [1.82, 2.24) is 21.3 Å². The topological polar surface area (TPSA) is 288 Å². The lowest BCUT2D eigenvalue weighted by Crippen LogP contribution is -2.37. The monoisotopic (exact) mass is 1670 g/mol. The summed E-state index contributed by atoms with van der Waals surface area (Å²) in [6, 6.07) is 37.9. The maximum Gasteiger partial charge on any atom is 0.407 e. The van der Waals surface area contributed by atoms with E-state index >= 15 is 0 Å². The Labute approximate surface area is 664 Å². The number of aliphatic hydroxyl groups is 1. The molecule has 0 saturated heterocycles. The van der Waals surface area contributed by atoms with E-state index in [2.05, 4.69) is 65.4 Å². The van der Waals surface area contributed by atoms with Gasteiger partial charge in [-0.15, -0.1) is 12.4 Å². The number of anilines is 6. The third-order valence-electron chi connectivity index (χ3n) is 12.3. The molecule has 0 saturated carbocycles. The van der Waals surface area contributed by atoms with Crippen LogP contribution in [0.3, 0.4) is 0 Å². The van der Waals surface area contributed by atoms with Crippen LogP contribution in [-0.4, -0.2) is 126 Å². The molecule has 6 rings (SSSR count). The van der Waals surface area contributed by atoms with Gasteiger partial charge in [-0.2, -0.15) is 0 Å². The number of ether oxygens (including phenoxy) is 6. The Morgan fingerprint density at radius 2 is 0.731 bits per heavy atom. The second-order valence-electron chi connectivity index (χ2n) is 25.6. The Bertz CT molecular complexity index is 3550. The smallest absolute Gasteiger partial charge is 0.407 e. The van der Waals surface area contributed by atoms with Crippen LogP contribution in [0.25, 0.3) is 0 Å². The Morgan fingerprint density at radius 3 is 1.00 bits per heavy atom. The number of halogens is 8. The summed E-state index contributed by atoms with van der Waals surface area (Å²) in [6.45, 7) is 26.7. The van der Waals surface area contributed by atoms with Crippen molar-refractivity contribution >= 4 is 186 Å². The number of nitrogens with two attached hydrogens (primary N) is 1. The Balaban J connectivity index is 0. The molecule has 0 aromatic heterocycles. The maximum absolute atomic E-state index is 12.4. The van der Waals surface area contributed by atoms with Gasteiger partial charge in [-0.3, -0.25) is 14.4 Å². The average molecular weight is 1670 g/mol. The number of nitrogens with one attached hydrogen (secondary N) is 7. The van der Waals surface area contributed by atoms with Gasteiger partial charge in [-0.1, -0.05) is 185 Å². The number of aliphatic hydroxyl groups excluding tert-OH is 1. The zero-order valence-electron chi connectivity index (χ0n) is 60.1. The summed E-state index contributed by atoms with van der Waals surface area (Å²) in [7, 11) is 0. The van der Waals surface area contributed by atoms with Gasteiger partial charge < -0.3 is 76.5 Å². The van der Waals surface area contributed by atoms with Gasteiger partial charge in [0.05, 0.1) is 91.1 Å². The molecule has 30 heteroatoms. The minimum absolute atomic E-state index is 0. The van der Waals surface area contributed by atoms with Gasteiger partial charge in [0, 0.05) is 43.0 Å². The highest BCUT2D eigenvalue weighted by atomic mass is 79.9. The number of hydrogen-bond donors (Lipinski definition) is 9. The number of amides is 3. The standard InChI is InChI=1S/C22H26Cl2N2O4.C18H18Cl2N2O2S.C17H18Cl2N2O2.C8H16BrNO2.C8H17NO3.CH4.ClH.H2/c1-14(13-25-21(28)30-22(2,3)4)29-19(27)12-15-8-5-6-11-18(15)26-20-16(23)9-7-10-17(20)24;1-12(10-21-11-25)24-17(23)9-13-5-2-3-8-16(13)22-18-14(19)6-4-7-15(18)20;1-11(10-20)23-16(22)9-12-5-2-3-8-15(12)21-17-13(18)6-4-7-14(17)19;1-6(9)5-10-7(11)12-8(2,3)4;1-6(10)5-9-7(11)12-8(2,3)4;;;/h5-11,14,26H,12-13H2,1-4H3,(H,25,28);2-8,11-12,22H,9-10H2,1H3,(H,21,25);2-8,11,21H,9-10,20H2,1H3;6H,5H2,1-4H3,(H,10,11);6,10H,5H2,1-4H3,(H,9,11);1H4;2*1H. The van der Waals surface area contributed by atoms with Crippen molar-refractivity contribution in [3.8, 4) is 0 Å². The van der Waals surface area contributed by atoms with E-state index in [1.54, 1.807) is 124 Å². The SMILES string of the molecule is C.CC(Br)CNC(=O)OC(C)(C)C.CC(CN)OC(=O)Cc1ccccc1Nc1c(Cl)cccc1Cl.CC(CNC(=O)OC(C)(C)C)OC(=O)Cc1ccccc1Nc1c(Cl)cccc1Cl.CC(CNC=S)OC(=O)Cc1ccccc1Nc1c(Cl)cccc1Cl.CC(O)CNC(=O)OC(C)(C)C.Cl.[HH]. The number of para-hydroxylation sites is 6. The van der Waals surface area contributed by atoms with Crippen LogP contribution in [0.15, 0.2) is 127 Å². The van der Waals surface area contributed by atoms with Crippen LogP contribution in [0.1, 0.15) is 122 Å². The first-order valence-corrected chi connectivity index (χ1v) is 35.9. The number of carbonyl (C=O) groups excluding carboxylic acids is 6. The highest BCUT2D eigenvalue weighted by Crippen LogP contribution is 2.37. The largest absolute Gasteiger partial charge is 0.461 e. The van der Waals surface area contributed by atoms with E-state index in [-0.39, 0.29) is 88.7 Å². The molecule has 0 spiro atoms. The van der Waals surface area contributed by atoms with Crippen LogP contribution in [0.2, 0.25) is 30.1 Å². The summed E-state index contributed by atoms with van der Waals surface area (Å²) >= 11 is 45.2. The van der Waals surface area contributed by atoms with Gasteiger partial charge in [0.1, 0.15) is 35.1 Å². The molecule has 0 bridgehead atoms. The van der Waals surface area contributed by atoms with E-state index < -0.39 is 47.2 Å². The molecule has 578 valence electrons. The highest BCUT2D eigenvalue weighted by Gasteiger charge is 2.22. The van der Waals surface area contributed by atoms with Gasteiger partial charge in [-0.05, 0) is 161 Å². The van der Waals surface area contributed by atoms with Gasteiger partial charge in [0.25, 0.3) is 0 Å². The predicted octanol–water partition coefficient (Wildman–Crippen LogP) is 19.2. The van der Waals surface area contributed by atoms with E-state index in [0.717, 1.165) is 28.1 Å². The summed E-state index contributed by atoms with van der Waals surface area (Å²) in [4.78, 5) is 70.4. The van der Waals surface area contributed by atoms with E-state index in [0.29, 0.717) is 72.5 Å². The van der Waals surface area contributed by atoms with Crippen molar-refractivity contribution in [1.29, 1.82) is 0 Å². The van der Waals surface area contributed by atoms with Gasteiger partial charge >= 0.3 is 36.2 Å². The number of carbonyl (C=O) groups is 6. The fraction of sp³-hybridized carbons (Fsp3) is 0.419. The first kappa shape index (κ1) is 97.3. The van der Waals surface area contributed by atoms with E-state index in [9.17, 15) is 28.8 Å². The molecular weight excluding hydrogens is 1570 g/mol. The van der Waals surface area contributed by atoms with Crippen LogP contribution in [-0.2, 0) is 62.1 Å². The molecular formula is C74H102BrCl7N8O13S. The molecule has 0 aliphatic heterocycles. The van der Waals surface area contributed by atoms with Crippen molar-refractivity contribution < 1.29 is 63.7 Å². The molecule has 0 radical (unpaired) electrons. The molecule has 0 aliphatic rings. The van der Waals surface area contributed by atoms with E-state index in [1.165, 1.54) is 5.49 Å². The fourth-order valence-corrected chi connectivity index (χ4v) is 9.61. The number of alkyl carbamates (subject to hydrolysis) is 3. The summed E-state index contributed by atoms with van der Waals surface area (Å²) in [6.07, 6.45) is -2.75. The molecule has 10 N–H and O–H groups in total. The summed E-state index contributed by atoms with van der Waals surface area (Å²) < 4.78 is 31.1. The zero-order valence-corrected chi connectivity index (χ0v) is 67.9. The predicted molar refractivity (Wildman–Crippen MR) is 436 cm³/mol. The Hall–Kier alpha value is -6.74. The number of hydrogen-bond acceptors (Lipinski definition) is 18. The Morgan fingerprint density at radius 1 is 0.462 bits per heavy atom. The fourth-order valence-electron chi connectivity index (χ4n) is 7.88. The molecule has 5 atom stereocenters. The number of esters is 3. The molecule has 6 aromatic carbocycles. The van der Waals surface area contributed by atoms with Gasteiger partial charge in [0.15, 0.2) is 0 Å². The average Bonchev–Trinajstić information content (AvgIpc) is 0.845. The number of benzene rings is 6. The lowest BCUT2D eigenvalue weighted by atomic mass is 10.1. The molecule has 6 aromatic rings. The molecule has 21 nitrogen and oxygen atoms in total. The minimum Gasteiger partial charge on any atom is -0.461 e. The summed E-state index contributed by atoms with van der Waals surface area (Å²) in [5.41, 5.74) is 11.6. The van der Waals surface area contributed by atoms with Crippen LogP contribution in [0.5, 0.6) is 0 Å². The second-order valence-corrected chi connectivity index (χ2v) is 29.9. The number of thiocarbonyl (C=S) groups is 1. The van der Waals surface area contributed by atoms with Crippen molar-refractivity contribution in [2.45, 2.75) is 170 Å². The van der Waals surface area contributed by atoms with Gasteiger partial charge in [-0.25, -0.2) is 14.4 Å². The highest BCUT2D eigenvalue weighted by molar-refractivity contribution is 9.09. The molecule has 3 amide bonds. The van der Waals surface area contributed by atoms with Crippen LogP contribution >= 0.6 is 110 Å². The normalized spacial score (nSPS) is 12.0. The first-order valence-electron chi connectivity index (χ1n) is 32.2. The summed E-state index contributed by atoms with van der Waals surface area (Å²) in [5, 5.41) is 31.9. The molecule has 0 fully saturated rings. The quantitative estimate of drug-likeness (QED) is 0.0111. The van der Waals surface area contributed by atoms with Crippen LogP contribution < -0.4 is 43.0 Å². The van der Waals surface area contributed by atoms with Crippen LogP contribution in [0, 0.1) is 0 Å². The zero-order chi connectivity index (χ0) is 76.9. The second kappa shape index (κ2) is 49.9. The lowest BCUT2D eigenvalue weighted by molar-refractivity contribution is -0.148. The van der Waals surface area contributed by atoms with E-state index in [1.807, 2.05) is 100 Å². The Kier molecular flexibility index (Phi) is 46.7. The first-order chi connectivity index (χ1) is 47.7. The molecule has 0 heterocycles. The molecule has 5 unspecified atom stereocenters. The lowest BCUT2D eigenvalue weighted by Gasteiger charge is -2.21. The molecule has 0 aliphatic carbocycles. The third kappa shape index (κ3) is 43.0. The third-order valence-corrected chi connectivity index (χ3v) is 14.7. The minimum atomic E-state index is -0.592. The van der Waals surface area contributed by atoms with Gasteiger partial charge in [0.2, 0.25) is 0 Å². The summed E-state index contributed by atoms with van der Waals surface area (Å²) in [5.74, 6) is -1.08. The van der Waals surface area contributed by atoms with Crippen molar-refractivity contribution in [2.75, 3.05) is 48.7 Å². The van der Waals surface area contributed by atoms with E-state index in [4.69, 9.17) is 109 Å². The van der Waals surface area contributed by atoms with Crippen molar-refractivity contribution in [3.63, 3.8) is 0 Å². The number of alkyl halides is 1. The van der Waals surface area contributed by atoms with Crippen molar-refractivity contribution in [2.24, 2.45) is 5.73 Å². The maximum atomic E-state index is 12.4. The number of rotatable bonds is 25. The molecule has 104 heavy (non-hydrogen) atoms. The van der Waals surface area contributed by atoms with Crippen molar-refractivity contribution in [3.05, 3.63) is 174 Å².